The third-order valence-electron chi connectivity index (χ3n) is 7.67. The molecule has 2 aliphatic heterocycles. The van der Waals surface area contributed by atoms with Crippen LogP contribution in [0.25, 0.3) is 28.2 Å². The first-order valence-electron chi connectivity index (χ1n) is 13.6. The molecule has 3 aromatic heterocycles. The van der Waals surface area contributed by atoms with Crippen LogP contribution in [0.5, 0.6) is 0 Å². The summed E-state index contributed by atoms with van der Waals surface area (Å²) in [6.45, 7) is 6.37. The molecule has 14 heteroatoms. The van der Waals surface area contributed by atoms with Crippen molar-refractivity contribution < 1.29 is 17.9 Å². The van der Waals surface area contributed by atoms with Crippen LogP contribution in [0, 0.1) is 6.92 Å². The van der Waals surface area contributed by atoms with E-state index in [2.05, 4.69) is 20.7 Å². The number of hydrogen-bond acceptors (Lipinski definition) is 8. The molecular formula is C27H31ClF3N9O. The Bertz CT molecular complexity index is 1580. The fourth-order valence-electron chi connectivity index (χ4n) is 5.73. The van der Waals surface area contributed by atoms with Crippen molar-refractivity contribution in [2.24, 2.45) is 0 Å². The number of aryl methyl sites for hydroxylation is 1. The number of rotatable bonds is 5. The van der Waals surface area contributed by atoms with Crippen LogP contribution in [-0.4, -0.2) is 75.2 Å². The van der Waals surface area contributed by atoms with Crippen molar-refractivity contribution in [3.05, 3.63) is 40.7 Å². The average molecular weight is 590 g/mol. The molecule has 10 nitrogen and oxygen atoms in total. The van der Waals surface area contributed by atoms with Crippen LogP contribution >= 0.6 is 11.6 Å². The average Bonchev–Trinajstić information content (AvgIpc) is 3.50. The Hall–Kier alpha value is -3.42. The molecule has 2 fully saturated rings. The van der Waals surface area contributed by atoms with Gasteiger partial charge in [-0.1, -0.05) is 11.6 Å². The van der Waals surface area contributed by atoms with Gasteiger partial charge in [0.25, 0.3) is 0 Å². The zero-order chi connectivity index (χ0) is 28.9. The van der Waals surface area contributed by atoms with E-state index in [4.69, 9.17) is 26.3 Å². The highest BCUT2D eigenvalue weighted by atomic mass is 35.5. The van der Waals surface area contributed by atoms with E-state index in [0.717, 1.165) is 4.68 Å². The van der Waals surface area contributed by atoms with Crippen LogP contribution in [0.2, 0.25) is 5.02 Å². The molecule has 0 unspecified atom stereocenters. The maximum Gasteiger partial charge on any atom is 0.433 e. The van der Waals surface area contributed by atoms with Crippen molar-refractivity contribution >= 4 is 34.4 Å². The van der Waals surface area contributed by atoms with Gasteiger partial charge in [0.2, 0.25) is 11.9 Å². The fourth-order valence-corrected chi connectivity index (χ4v) is 5.90. The predicted octanol–water partition coefficient (Wildman–Crippen LogP) is 4.85. The monoisotopic (exact) mass is 589 g/mol. The molecule has 1 atom stereocenters. The van der Waals surface area contributed by atoms with Gasteiger partial charge in [0.1, 0.15) is 5.82 Å². The molecule has 218 valence electrons. The van der Waals surface area contributed by atoms with Crippen molar-refractivity contribution in [1.29, 1.82) is 0 Å². The van der Waals surface area contributed by atoms with Gasteiger partial charge in [-0.05, 0) is 58.0 Å². The molecule has 0 aliphatic carbocycles. The molecular weight excluding hydrogens is 559 g/mol. The molecule has 2 aliphatic rings. The summed E-state index contributed by atoms with van der Waals surface area (Å²) in [5, 5.41) is 11.2. The summed E-state index contributed by atoms with van der Waals surface area (Å²) >= 11 is 6.22. The zero-order valence-electron chi connectivity index (χ0n) is 23.0. The highest BCUT2D eigenvalue weighted by Gasteiger charge is 2.42. The van der Waals surface area contributed by atoms with Crippen molar-refractivity contribution in [3.63, 3.8) is 0 Å². The quantitative estimate of drug-likeness (QED) is 0.341. The smallest absolute Gasteiger partial charge is 0.377 e. The summed E-state index contributed by atoms with van der Waals surface area (Å²) in [6, 6.07) is 6.47. The standard InChI is InChI=1S/C27H31ClF3N9O/c1-15-14-41-11-10-38(15)22-13-20(23-16(2)37-40(24(23)27(29,30)31)18-6-8-33-9-7-18)35-26(36-22)39-21-5-4-17(28)12-19(21)34-25(39)32-3/h4-5,12-13,15,18,33H,6-11,14H2,1-3H3,(H,32,34)/t15-/m1/s1. The van der Waals surface area contributed by atoms with Gasteiger partial charge >= 0.3 is 6.18 Å². The summed E-state index contributed by atoms with van der Waals surface area (Å²) in [5.74, 6) is 1.12. The lowest BCUT2D eigenvalue weighted by molar-refractivity contribution is -0.144. The minimum absolute atomic E-state index is 0.0397. The lowest BCUT2D eigenvalue weighted by Crippen LogP contribution is -2.44. The number of piperidine rings is 1. The number of anilines is 2. The molecule has 4 aromatic rings. The molecule has 2 saturated heterocycles. The van der Waals surface area contributed by atoms with Gasteiger partial charge in [-0.2, -0.15) is 23.3 Å². The highest BCUT2D eigenvalue weighted by molar-refractivity contribution is 6.31. The van der Waals surface area contributed by atoms with E-state index in [9.17, 15) is 13.2 Å². The Labute approximate surface area is 239 Å². The maximum atomic E-state index is 14.8. The molecule has 1 aromatic carbocycles. The largest absolute Gasteiger partial charge is 0.433 e. The van der Waals surface area contributed by atoms with Gasteiger partial charge in [-0.15, -0.1) is 0 Å². The Morgan fingerprint density at radius 2 is 1.90 bits per heavy atom. The first-order chi connectivity index (χ1) is 19.7. The van der Waals surface area contributed by atoms with Crippen LogP contribution in [0.4, 0.5) is 24.9 Å². The Balaban J connectivity index is 1.61. The number of morpholine rings is 1. The Morgan fingerprint density at radius 1 is 1.12 bits per heavy atom. The lowest BCUT2D eigenvalue weighted by Gasteiger charge is -2.34. The molecule has 6 rings (SSSR count). The SMILES string of the molecule is CNc1nc2cc(Cl)ccc2n1-c1nc(-c2c(C)nn(C3CCNCC3)c2C(F)(F)F)cc(N2CCOC[C@H]2C)n1. The number of imidazole rings is 1. The summed E-state index contributed by atoms with van der Waals surface area (Å²) in [7, 11) is 1.71. The number of halogens is 4. The number of hydrogen-bond donors (Lipinski definition) is 2. The first kappa shape index (κ1) is 27.7. The molecule has 41 heavy (non-hydrogen) atoms. The third kappa shape index (κ3) is 5.10. The minimum Gasteiger partial charge on any atom is -0.377 e. The second-order valence-electron chi connectivity index (χ2n) is 10.4. The summed E-state index contributed by atoms with van der Waals surface area (Å²) < 4.78 is 53.0. The Kier molecular flexibility index (Phi) is 7.28. The molecule has 0 saturated carbocycles. The first-order valence-corrected chi connectivity index (χ1v) is 14.0. The van der Waals surface area contributed by atoms with E-state index in [-0.39, 0.29) is 35.0 Å². The summed E-state index contributed by atoms with van der Waals surface area (Å²) in [5.41, 5.74) is 0.839. The number of benzene rings is 1. The minimum atomic E-state index is -4.65. The number of nitrogens with zero attached hydrogens (tertiary/aromatic N) is 7. The molecule has 0 radical (unpaired) electrons. The van der Waals surface area contributed by atoms with Crippen LogP contribution in [-0.2, 0) is 10.9 Å². The fraction of sp³-hybridized carbons (Fsp3) is 0.481. The van der Waals surface area contributed by atoms with Gasteiger partial charge in [0.15, 0.2) is 5.69 Å². The van der Waals surface area contributed by atoms with Gasteiger partial charge < -0.3 is 20.3 Å². The number of alkyl halides is 3. The van der Waals surface area contributed by atoms with Crippen LogP contribution in [0.15, 0.2) is 24.3 Å². The summed E-state index contributed by atoms with van der Waals surface area (Å²) in [6.07, 6.45) is -3.53. The van der Waals surface area contributed by atoms with E-state index in [1.54, 1.807) is 42.8 Å². The maximum absolute atomic E-state index is 14.8. The normalized spacial score (nSPS) is 18.8. The van der Waals surface area contributed by atoms with E-state index in [1.165, 1.54) is 0 Å². The van der Waals surface area contributed by atoms with Crippen molar-refractivity contribution in [2.75, 3.05) is 50.1 Å². The van der Waals surface area contributed by atoms with E-state index in [1.807, 2.05) is 11.8 Å². The number of ether oxygens (including phenoxy) is 1. The van der Waals surface area contributed by atoms with E-state index in [0.29, 0.717) is 73.5 Å². The predicted molar refractivity (Wildman–Crippen MR) is 151 cm³/mol. The molecule has 0 amide bonds. The molecule has 2 N–H and O–H groups in total. The van der Waals surface area contributed by atoms with Gasteiger partial charge in [0, 0.05) is 24.7 Å². The Morgan fingerprint density at radius 3 is 2.61 bits per heavy atom. The molecule has 5 heterocycles. The lowest BCUT2D eigenvalue weighted by atomic mass is 10.0. The van der Waals surface area contributed by atoms with Gasteiger partial charge in [-0.25, -0.2) is 14.5 Å². The second-order valence-corrected chi connectivity index (χ2v) is 10.9. The van der Waals surface area contributed by atoms with Crippen molar-refractivity contribution in [1.82, 2.24) is 34.6 Å². The third-order valence-corrected chi connectivity index (χ3v) is 7.90. The summed E-state index contributed by atoms with van der Waals surface area (Å²) in [4.78, 5) is 16.3. The number of aromatic nitrogens is 6. The van der Waals surface area contributed by atoms with Crippen molar-refractivity contribution in [2.45, 2.75) is 44.9 Å². The van der Waals surface area contributed by atoms with E-state index < -0.39 is 11.9 Å². The van der Waals surface area contributed by atoms with Crippen molar-refractivity contribution in [3.8, 4) is 17.2 Å². The second kappa shape index (κ2) is 10.8. The number of nitrogens with one attached hydrogen (secondary N) is 2. The van der Waals surface area contributed by atoms with E-state index >= 15 is 0 Å². The topological polar surface area (TPSA) is 98.0 Å². The van der Waals surface area contributed by atoms with Gasteiger partial charge in [-0.3, -0.25) is 4.68 Å². The zero-order valence-corrected chi connectivity index (χ0v) is 23.7. The number of fused-ring (bicyclic) bond motifs is 1. The van der Waals surface area contributed by atoms with Crippen LogP contribution in [0.1, 0.15) is 37.2 Å². The molecule has 0 spiro atoms. The van der Waals surface area contributed by atoms with Crippen LogP contribution in [0.3, 0.4) is 0 Å². The van der Waals surface area contributed by atoms with Crippen LogP contribution < -0.4 is 15.5 Å². The highest BCUT2D eigenvalue weighted by Crippen LogP contribution is 2.42. The molecule has 0 bridgehead atoms. The van der Waals surface area contributed by atoms with Gasteiger partial charge in [0.05, 0.1) is 53.3 Å².